The van der Waals surface area contributed by atoms with Gasteiger partial charge in [-0.15, -0.1) is 0 Å². The number of hydrogen-bond acceptors (Lipinski definition) is 2. The van der Waals surface area contributed by atoms with Crippen LogP contribution in [0.5, 0.6) is 0 Å². The van der Waals surface area contributed by atoms with Crippen molar-refractivity contribution in [2.45, 2.75) is 39.7 Å². The van der Waals surface area contributed by atoms with Crippen molar-refractivity contribution in [1.82, 2.24) is 5.32 Å². The number of benzene rings is 1. The second-order valence-corrected chi connectivity index (χ2v) is 5.37. The topological polar surface area (TPSA) is 41.1 Å². The largest absolute Gasteiger partial charge is 0.384 e. The number of carbonyl (C=O) groups is 1. The van der Waals surface area contributed by atoms with E-state index < -0.39 is 0 Å². The number of carbonyl (C=O) groups excluding carboxylic acids is 1. The highest BCUT2D eigenvalue weighted by molar-refractivity contribution is 9.10. The van der Waals surface area contributed by atoms with E-state index in [0.717, 1.165) is 16.6 Å². The van der Waals surface area contributed by atoms with Crippen molar-refractivity contribution in [3.63, 3.8) is 0 Å². The zero-order chi connectivity index (χ0) is 13.5. The summed E-state index contributed by atoms with van der Waals surface area (Å²) in [6.07, 6.45) is 1.46. The van der Waals surface area contributed by atoms with E-state index in [-0.39, 0.29) is 11.9 Å². The molecular formula is C14H21BrN2O. The Balaban J connectivity index is 2.33. The number of anilines is 1. The van der Waals surface area contributed by atoms with Gasteiger partial charge in [-0.05, 0) is 38.0 Å². The maximum absolute atomic E-state index is 11.6. The van der Waals surface area contributed by atoms with Crippen LogP contribution in [0.25, 0.3) is 0 Å². The SMILES string of the molecule is CCC(C)NC(=O)CCNc1ccc(C)c(Br)c1. The van der Waals surface area contributed by atoms with E-state index in [1.807, 2.05) is 32.0 Å². The molecule has 2 N–H and O–H groups in total. The van der Waals surface area contributed by atoms with E-state index in [1.165, 1.54) is 5.56 Å². The summed E-state index contributed by atoms with van der Waals surface area (Å²) in [5, 5.41) is 6.19. The lowest BCUT2D eigenvalue weighted by molar-refractivity contribution is -0.121. The molecule has 0 fully saturated rings. The second kappa shape index (κ2) is 7.41. The van der Waals surface area contributed by atoms with Gasteiger partial charge in [0.1, 0.15) is 0 Å². The molecule has 0 aliphatic carbocycles. The van der Waals surface area contributed by atoms with Crippen LogP contribution in [-0.2, 0) is 4.79 Å². The molecule has 0 saturated carbocycles. The molecule has 0 aliphatic heterocycles. The monoisotopic (exact) mass is 312 g/mol. The first-order valence-corrected chi connectivity index (χ1v) is 7.11. The average molecular weight is 313 g/mol. The third kappa shape index (κ3) is 5.08. The van der Waals surface area contributed by atoms with Gasteiger partial charge in [-0.1, -0.05) is 28.9 Å². The van der Waals surface area contributed by atoms with Gasteiger partial charge in [0.05, 0.1) is 0 Å². The Labute approximate surface area is 117 Å². The molecule has 1 atom stereocenters. The van der Waals surface area contributed by atoms with Gasteiger partial charge in [0.2, 0.25) is 5.91 Å². The minimum Gasteiger partial charge on any atom is -0.384 e. The number of hydrogen-bond donors (Lipinski definition) is 2. The number of amides is 1. The zero-order valence-electron chi connectivity index (χ0n) is 11.2. The minimum atomic E-state index is 0.100. The molecule has 0 radical (unpaired) electrons. The van der Waals surface area contributed by atoms with Gasteiger partial charge in [0.15, 0.2) is 0 Å². The summed E-state index contributed by atoms with van der Waals surface area (Å²) in [6.45, 7) is 6.78. The molecule has 0 aromatic heterocycles. The lowest BCUT2D eigenvalue weighted by Gasteiger charge is -2.12. The maximum atomic E-state index is 11.6. The summed E-state index contributed by atoms with van der Waals surface area (Å²) in [4.78, 5) is 11.6. The Hall–Kier alpha value is -1.03. The van der Waals surface area contributed by atoms with Gasteiger partial charge in [-0.25, -0.2) is 0 Å². The molecule has 1 aromatic carbocycles. The van der Waals surface area contributed by atoms with E-state index in [4.69, 9.17) is 0 Å². The Morgan fingerprint density at radius 2 is 2.17 bits per heavy atom. The Bertz CT molecular complexity index is 407. The first-order chi connectivity index (χ1) is 8.52. The molecular weight excluding hydrogens is 292 g/mol. The van der Waals surface area contributed by atoms with Crippen molar-refractivity contribution in [1.29, 1.82) is 0 Å². The highest BCUT2D eigenvalue weighted by atomic mass is 79.9. The standard InChI is InChI=1S/C14H21BrN2O/c1-4-11(3)17-14(18)7-8-16-12-6-5-10(2)13(15)9-12/h5-6,9,11,16H,4,7-8H2,1-3H3,(H,17,18). The summed E-state index contributed by atoms with van der Waals surface area (Å²) in [6, 6.07) is 6.35. The molecule has 100 valence electrons. The summed E-state index contributed by atoms with van der Waals surface area (Å²) < 4.78 is 1.08. The number of aryl methyl sites for hydroxylation is 1. The van der Waals surface area contributed by atoms with Crippen LogP contribution in [0.4, 0.5) is 5.69 Å². The van der Waals surface area contributed by atoms with Crippen LogP contribution in [0.1, 0.15) is 32.3 Å². The summed E-state index contributed by atoms with van der Waals surface area (Å²) in [5.74, 6) is 0.100. The van der Waals surface area contributed by atoms with Crippen molar-refractivity contribution in [3.8, 4) is 0 Å². The summed E-state index contributed by atoms with van der Waals surface area (Å²) in [7, 11) is 0. The molecule has 1 aromatic rings. The lowest BCUT2D eigenvalue weighted by atomic mass is 10.2. The van der Waals surface area contributed by atoms with Crippen LogP contribution in [0.15, 0.2) is 22.7 Å². The third-order valence-corrected chi connectivity index (χ3v) is 3.73. The normalized spacial score (nSPS) is 12.0. The summed E-state index contributed by atoms with van der Waals surface area (Å²) in [5.41, 5.74) is 2.24. The quantitative estimate of drug-likeness (QED) is 0.844. The van der Waals surface area contributed by atoms with Crippen molar-refractivity contribution in [3.05, 3.63) is 28.2 Å². The van der Waals surface area contributed by atoms with Crippen molar-refractivity contribution in [2.75, 3.05) is 11.9 Å². The van der Waals surface area contributed by atoms with Crippen LogP contribution >= 0.6 is 15.9 Å². The van der Waals surface area contributed by atoms with Gasteiger partial charge in [0.25, 0.3) is 0 Å². The van der Waals surface area contributed by atoms with Crippen molar-refractivity contribution in [2.24, 2.45) is 0 Å². The predicted molar refractivity (Wildman–Crippen MR) is 79.9 cm³/mol. The average Bonchev–Trinajstić information content (AvgIpc) is 2.33. The predicted octanol–water partition coefficient (Wildman–Crippen LogP) is 3.47. The molecule has 0 saturated heterocycles. The molecule has 4 heteroatoms. The highest BCUT2D eigenvalue weighted by Crippen LogP contribution is 2.20. The van der Waals surface area contributed by atoms with Gasteiger partial charge in [-0.2, -0.15) is 0 Å². The first-order valence-electron chi connectivity index (χ1n) is 6.32. The van der Waals surface area contributed by atoms with Crippen LogP contribution in [0.3, 0.4) is 0 Å². The minimum absolute atomic E-state index is 0.100. The van der Waals surface area contributed by atoms with E-state index in [9.17, 15) is 4.79 Å². The first kappa shape index (κ1) is 15.0. The lowest BCUT2D eigenvalue weighted by Crippen LogP contribution is -2.32. The third-order valence-electron chi connectivity index (χ3n) is 2.87. The Morgan fingerprint density at radius 1 is 1.44 bits per heavy atom. The van der Waals surface area contributed by atoms with E-state index in [1.54, 1.807) is 0 Å². The van der Waals surface area contributed by atoms with Gasteiger partial charge in [-0.3, -0.25) is 4.79 Å². The fourth-order valence-electron chi connectivity index (χ4n) is 1.47. The van der Waals surface area contributed by atoms with Crippen molar-refractivity contribution >= 4 is 27.5 Å². The van der Waals surface area contributed by atoms with Gasteiger partial charge >= 0.3 is 0 Å². The summed E-state index contributed by atoms with van der Waals surface area (Å²) >= 11 is 3.49. The van der Waals surface area contributed by atoms with Crippen LogP contribution in [0, 0.1) is 6.92 Å². The molecule has 0 bridgehead atoms. The molecule has 3 nitrogen and oxygen atoms in total. The van der Waals surface area contributed by atoms with Crippen LogP contribution < -0.4 is 10.6 Å². The van der Waals surface area contributed by atoms with Crippen LogP contribution in [-0.4, -0.2) is 18.5 Å². The molecule has 1 amide bonds. The van der Waals surface area contributed by atoms with Crippen molar-refractivity contribution < 1.29 is 4.79 Å². The zero-order valence-corrected chi connectivity index (χ0v) is 12.8. The number of halogens is 1. The molecule has 1 rings (SSSR count). The maximum Gasteiger partial charge on any atom is 0.221 e. The number of rotatable bonds is 6. The van der Waals surface area contributed by atoms with Gasteiger partial charge in [0, 0.05) is 29.2 Å². The Kier molecular flexibility index (Phi) is 6.19. The molecule has 0 spiro atoms. The van der Waals surface area contributed by atoms with E-state index in [0.29, 0.717) is 13.0 Å². The molecule has 18 heavy (non-hydrogen) atoms. The second-order valence-electron chi connectivity index (χ2n) is 4.52. The molecule has 1 unspecified atom stereocenters. The van der Waals surface area contributed by atoms with E-state index in [2.05, 4.69) is 33.5 Å². The smallest absolute Gasteiger partial charge is 0.221 e. The molecule has 0 heterocycles. The fraction of sp³-hybridized carbons (Fsp3) is 0.500. The van der Waals surface area contributed by atoms with Crippen LogP contribution in [0.2, 0.25) is 0 Å². The molecule has 0 aliphatic rings. The van der Waals surface area contributed by atoms with Gasteiger partial charge < -0.3 is 10.6 Å². The highest BCUT2D eigenvalue weighted by Gasteiger charge is 2.05. The number of nitrogens with one attached hydrogen (secondary N) is 2. The Morgan fingerprint density at radius 3 is 2.78 bits per heavy atom. The van der Waals surface area contributed by atoms with E-state index >= 15 is 0 Å². The fourth-order valence-corrected chi connectivity index (χ4v) is 1.85.